The Labute approximate surface area is 190 Å². The summed E-state index contributed by atoms with van der Waals surface area (Å²) in [5, 5.41) is 0. The first-order valence-electron chi connectivity index (χ1n) is 12.1. The third-order valence-corrected chi connectivity index (χ3v) is 9.39. The first kappa shape index (κ1) is 22.2. The molecule has 1 aromatic rings. The molecule has 4 aliphatic heterocycles. The molecule has 176 valence electrons. The van der Waals surface area contributed by atoms with Crippen LogP contribution in [-0.2, 0) is 19.6 Å². The number of hydrogen-bond donors (Lipinski definition) is 1. The minimum absolute atomic E-state index is 0.0159. The molecule has 8 heteroatoms. The lowest BCUT2D eigenvalue weighted by atomic mass is 9.78. The van der Waals surface area contributed by atoms with Crippen molar-refractivity contribution in [2.45, 2.75) is 81.4 Å². The van der Waals surface area contributed by atoms with E-state index in [4.69, 9.17) is 9.47 Å². The SMILES string of the molecule is O=C1CCOc2ccccc2[C@H]2CC[C@H](CC2)OCC2N1CCCC21CCCS(=O)(=O)N1. The van der Waals surface area contributed by atoms with Crippen molar-refractivity contribution >= 4 is 15.9 Å². The highest BCUT2D eigenvalue weighted by atomic mass is 32.2. The molecule has 0 aromatic heterocycles. The summed E-state index contributed by atoms with van der Waals surface area (Å²) in [6.07, 6.45) is 7.39. The van der Waals surface area contributed by atoms with E-state index in [-0.39, 0.29) is 30.2 Å². The molecule has 4 heterocycles. The highest BCUT2D eigenvalue weighted by Crippen LogP contribution is 2.40. The predicted octanol–water partition coefficient (Wildman–Crippen LogP) is 2.95. The molecule has 1 amide bonds. The molecule has 2 saturated heterocycles. The molecule has 2 unspecified atom stereocenters. The lowest BCUT2D eigenvalue weighted by Gasteiger charge is -2.52. The minimum Gasteiger partial charge on any atom is -0.493 e. The Morgan fingerprint density at radius 2 is 1.84 bits per heavy atom. The van der Waals surface area contributed by atoms with Crippen molar-refractivity contribution < 1.29 is 22.7 Å². The van der Waals surface area contributed by atoms with Gasteiger partial charge in [-0.15, -0.1) is 0 Å². The van der Waals surface area contributed by atoms with Crippen molar-refractivity contribution in [3.05, 3.63) is 29.8 Å². The number of carbonyl (C=O) groups is 1. The number of nitrogens with zero attached hydrogens (tertiary/aromatic N) is 1. The van der Waals surface area contributed by atoms with Gasteiger partial charge in [0.1, 0.15) is 5.75 Å². The van der Waals surface area contributed by atoms with Gasteiger partial charge < -0.3 is 14.4 Å². The molecule has 6 rings (SSSR count). The Kier molecular flexibility index (Phi) is 6.20. The summed E-state index contributed by atoms with van der Waals surface area (Å²) in [6, 6.07) is 7.92. The fourth-order valence-corrected chi connectivity index (χ4v) is 7.83. The van der Waals surface area contributed by atoms with Crippen LogP contribution in [0.4, 0.5) is 0 Å². The fourth-order valence-electron chi connectivity index (χ4n) is 6.24. The molecule has 2 bridgehead atoms. The van der Waals surface area contributed by atoms with Gasteiger partial charge in [0, 0.05) is 6.54 Å². The molecule has 2 atom stereocenters. The van der Waals surface area contributed by atoms with E-state index in [2.05, 4.69) is 16.9 Å². The highest BCUT2D eigenvalue weighted by Gasteiger charge is 2.50. The second kappa shape index (κ2) is 8.95. The molecular weight excluding hydrogens is 428 g/mol. The molecular formula is C24H34N2O5S. The number of para-hydroxylation sites is 1. The zero-order valence-corrected chi connectivity index (χ0v) is 19.4. The lowest BCUT2D eigenvalue weighted by molar-refractivity contribution is -0.142. The quantitative estimate of drug-likeness (QED) is 0.641. The van der Waals surface area contributed by atoms with Gasteiger partial charge in [0.05, 0.1) is 43.1 Å². The Morgan fingerprint density at radius 3 is 2.66 bits per heavy atom. The Morgan fingerprint density at radius 1 is 1.06 bits per heavy atom. The number of hydrogen-bond acceptors (Lipinski definition) is 5. The molecule has 1 spiro atoms. The summed E-state index contributed by atoms with van der Waals surface area (Å²) in [7, 11) is -3.33. The van der Waals surface area contributed by atoms with Gasteiger partial charge >= 0.3 is 0 Å². The van der Waals surface area contributed by atoms with E-state index < -0.39 is 15.6 Å². The Hall–Kier alpha value is -1.64. The summed E-state index contributed by atoms with van der Waals surface area (Å²) in [5.74, 6) is 1.51. The number of carbonyl (C=O) groups excluding carboxylic acids is 1. The predicted molar refractivity (Wildman–Crippen MR) is 121 cm³/mol. The zero-order valence-electron chi connectivity index (χ0n) is 18.6. The maximum atomic E-state index is 13.3. The van der Waals surface area contributed by atoms with E-state index in [0.29, 0.717) is 32.1 Å². The van der Waals surface area contributed by atoms with Crippen LogP contribution in [0.5, 0.6) is 5.75 Å². The number of sulfonamides is 1. The smallest absolute Gasteiger partial charge is 0.226 e. The van der Waals surface area contributed by atoms with Crippen LogP contribution in [0.15, 0.2) is 24.3 Å². The van der Waals surface area contributed by atoms with Crippen LogP contribution in [-0.4, -0.2) is 62.4 Å². The summed E-state index contributed by atoms with van der Waals surface area (Å²) >= 11 is 0. The van der Waals surface area contributed by atoms with Crippen LogP contribution in [0.3, 0.4) is 0 Å². The van der Waals surface area contributed by atoms with E-state index in [1.54, 1.807) is 0 Å². The topological polar surface area (TPSA) is 84.9 Å². The molecule has 1 aliphatic carbocycles. The van der Waals surface area contributed by atoms with Crippen molar-refractivity contribution in [3.63, 3.8) is 0 Å². The maximum Gasteiger partial charge on any atom is 0.226 e. The van der Waals surface area contributed by atoms with Crippen LogP contribution in [0.1, 0.15) is 69.3 Å². The number of nitrogens with one attached hydrogen (secondary N) is 1. The largest absolute Gasteiger partial charge is 0.493 e. The Bertz CT molecular complexity index is 939. The van der Waals surface area contributed by atoms with Gasteiger partial charge in [-0.2, -0.15) is 0 Å². The third kappa shape index (κ3) is 4.41. The molecule has 0 radical (unpaired) electrons. The number of ether oxygens (including phenoxy) is 2. The van der Waals surface area contributed by atoms with Crippen LogP contribution in [0.25, 0.3) is 0 Å². The van der Waals surface area contributed by atoms with Gasteiger partial charge in [-0.05, 0) is 68.9 Å². The van der Waals surface area contributed by atoms with Gasteiger partial charge in [0.25, 0.3) is 0 Å². The number of rotatable bonds is 0. The molecule has 32 heavy (non-hydrogen) atoms. The molecule has 7 nitrogen and oxygen atoms in total. The van der Waals surface area contributed by atoms with Crippen LogP contribution in [0.2, 0.25) is 0 Å². The van der Waals surface area contributed by atoms with E-state index in [1.165, 1.54) is 5.56 Å². The molecule has 3 fully saturated rings. The summed E-state index contributed by atoms with van der Waals surface area (Å²) in [6.45, 7) is 1.36. The van der Waals surface area contributed by atoms with Crippen molar-refractivity contribution in [3.8, 4) is 5.75 Å². The number of amides is 1. The number of benzene rings is 1. The van der Waals surface area contributed by atoms with Crippen molar-refractivity contribution in [1.82, 2.24) is 9.62 Å². The summed E-state index contributed by atoms with van der Waals surface area (Å²) in [5.41, 5.74) is 0.620. The van der Waals surface area contributed by atoms with E-state index in [9.17, 15) is 13.2 Å². The van der Waals surface area contributed by atoms with E-state index in [0.717, 1.165) is 50.7 Å². The molecule has 1 aromatic carbocycles. The van der Waals surface area contributed by atoms with Gasteiger partial charge in [0.2, 0.25) is 15.9 Å². The highest BCUT2D eigenvalue weighted by molar-refractivity contribution is 7.89. The average Bonchev–Trinajstić information content (AvgIpc) is 2.78. The number of piperidine rings is 1. The number of fused-ring (bicyclic) bond motifs is 6. The Balaban J connectivity index is 1.43. The first-order valence-corrected chi connectivity index (χ1v) is 13.8. The maximum absolute atomic E-state index is 13.3. The molecule has 5 aliphatic rings. The van der Waals surface area contributed by atoms with Crippen molar-refractivity contribution in [1.29, 1.82) is 0 Å². The van der Waals surface area contributed by atoms with E-state index in [1.807, 2.05) is 17.0 Å². The van der Waals surface area contributed by atoms with Crippen LogP contribution < -0.4 is 9.46 Å². The standard InChI is InChI=1S/C24H34N2O5S/c27-23-11-15-30-21-6-2-1-5-20(21)18-7-9-19(10-8-18)31-17-22-24(12-3-14-26(22)23)13-4-16-32(28,29)25-24/h1-2,5-6,18-19,22,25H,3-4,7-17H2/t18-,19+,22?,24?. The lowest BCUT2D eigenvalue weighted by Crippen LogP contribution is -2.69. The first-order chi connectivity index (χ1) is 15.5. The van der Waals surface area contributed by atoms with Crippen LogP contribution >= 0.6 is 0 Å². The van der Waals surface area contributed by atoms with Crippen molar-refractivity contribution in [2.24, 2.45) is 0 Å². The molecule has 1 N–H and O–H groups in total. The fraction of sp³-hybridized carbons (Fsp3) is 0.708. The van der Waals surface area contributed by atoms with E-state index >= 15 is 0 Å². The summed E-state index contributed by atoms with van der Waals surface area (Å²) < 4.78 is 40.5. The average molecular weight is 463 g/mol. The monoisotopic (exact) mass is 462 g/mol. The normalized spacial score (nSPS) is 35.4. The van der Waals surface area contributed by atoms with Crippen molar-refractivity contribution in [2.75, 3.05) is 25.5 Å². The van der Waals surface area contributed by atoms with Gasteiger partial charge in [-0.3, -0.25) is 4.79 Å². The van der Waals surface area contributed by atoms with Gasteiger partial charge in [0.15, 0.2) is 0 Å². The third-order valence-electron chi connectivity index (χ3n) is 7.85. The summed E-state index contributed by atoms with van der Waals surface area (Å²) in [4.78, 5) is 15.2. The second-order valence-corrected chi connectivity index (χ2v) is 11.7. The second-order valence-electron chi connectivity index (χ2n) is 9.83. The van der Waals surface area contributed by atoms with Gasteiger partial charge in [-0.25, -0.2) is 13.1 Å². The van der Waals surface area contributed by atoms with Crippen LogP contribution in [0, 0.1) is 0 Å². The zero-order chi connectivity index (χ0) is 22.2. The van der Waals surface area contributed by atoms with Gasteiger partial charge in [-0.1, -0.05) is 18.2 Å². The minimum atomic E-state index is -3.33. The molecule has 1 saturated carbocycles.